The zero-order chi connectivity index (χ0) is 20.9. The maximum Gasteiger partial charge on any atom is 0.242 e. The standard InChI is InChI=1S/C21H18F2N2O3S/c22-16-11-12-18(23)19(14-16)24-21(26)20(13-15-7-3-1-4-8-15)25-29(27,28)17-9-5-2-6-10-17/h1-12,14,20,25H,13H2,(H,24,26)/t20-/m1/s1. The first-order valence-corrected chi connectivity index (χ1v) is 10.2. The first-order chi connectivity index (χ1) is 13.8. The van der Waals surface area contributed by atoms with E-state index in [9.17, 15) is 22.0 Å². The lowest BCUT2D eigenvalue weighted by Gasteiger charge is -2.19. The molecule has 0 radical (unpaired) electrons. The van der Waals surface area contributed by atoms with E-state index >= 15 is 0 Å². The summed E-state index contributed by atoms with van der Waals surface area (Å²) in [5.74, 6) is -2.37. The molecule has 0 saturated heterocycles. The van der Waals surface area contributed by atoms with Crippen molar-refractivity contribution >= 4 is 21.6 Å². The highest BCUT2D eigenvalue weighted by Crippen LogP contribution is 2.17. The monoisotopic (exact) mass is 416 g/mol. The predicted molar refractivity (Wildman–Crippen MR) is 106 cm³/mol. The number of carbonyl (C=O) groups is 1. The van der Waals surface area contributed by atoms with Crippen LogP contribution in [0.25, 0.3) is 0 Å². The number of halogens is 2. The van der Waals surface area contributed by atoms with Gasteiger partial charge in [0.1, 0.15) is 17.7 Å². The third kappa shape index (κ3) is 5.46. The van der Waals surface area contributed by atoms with Crippen molar-refractivity contribution in [2.75, 3.05) is 5.32 Å². The number of anilines is 1. The average Bonchev–Trinajstić information content (AvgIpc) is 2.71. The zero-order valence-corrected chi connectivity index (χ0v) is 16.0. The molecule has 0 aliphatic heterocycles. The van der Waals surface area contributed by atoms with Gasteiger partial charge in [-0.3, -0.25) is 4.79 Å². The van der Waals surface area contributed by atoms with E-state index in [-0.39, 0.29) is 17.0 Å². The number of benzene rings is 3. The molecule has 150 valence electrons. The highest BCUT2D eigenvalue weighted by Gasteiger charge is 2.26. The second-order valence-electron chi connectivity index (χ2n) is 6.29. The molecule has 29 heavy (non-hydrogen) atoms. The van der Waals surface area contributed by atoms with E-state index in [0.29, 0.717) is 5.56 Å². The number of rotatable bonds is 7. The van der Waals surface area contributed by atoms with Gasteiger partial charge in [0.2, 0.25) is 15.9 Å². The normalized spacial score (nSPS) is 12.3. The van der Waals surface area contributed by atoms with Crippen LogP contribution in [0.4, 0.5) is 14.5 Å². The van der Waals surface area contributed by atoms with Gasteiger partial charge in [0.15, 0.2) is 0 Å². The van der Waals surface area contributed by atoms with Crippen molar-refractivity contribution in [3.05, 3.63) is 96.1 Å². The van der Waals surface area contributed by atoms with E-state index < -0.39 is 33.6 Å². The summed E-state index contributed by atoms with van der Waals surface area (Å²) in [5, 5.41) is 2.26. The molecule has 0 spiro atoms. The Morgan fingerprint density at radius 2 is 1.52 bits per heavy atom. The number of hydrogen-bond acceptors (Lipinski definition) is 3. The number of nitrogens with one attached hydrogen (secondary N) is 2. The summed E-state index contributed by atoms with van der Waals surface area (Å²) in [6, 6.07) is 17.7. The van der Waals surface area contributed by atoms with Gasteiger partial charge in [0.25, 0.3) is 0 Å². The van der Waals surface area contributed by atoms with Gasteiger partial charge in [0.05, 0.1) is 10.6 Å². The molecule has 1 amide bonds. The molecule has 5 nitrogen and oxygen atoms in total. The Labute approximate surface area is 167 Å². The number of hydrogen-bond donors (Lipinski definition) is 2. The molecule has 0 aromatic heterocycles. The van der Waals surface area contributed by atoms with Gasteiger partial charge in [-0.1, -0.05) is 48.5 Å². The third-order valence-corrected chi connectivity index (χ3v) is 5.62. The molecular weight excluding hydrogens is 398 g/mol. The lowest BCUT2D eigenvalue weighted by Crippen LogP contribution is -2.45. The van der Waals surface area contributed by atoms with Crippen LogP contribution < -0.4 is 10.0 Å². The van der Waals surface area contributed by atoms with Gasteiger partial charge in [0, 0.05) is 6.07 Å². The van der Waals surface area contributed by atoms with E-state index in [0.717, 1.165) is 18.2 Å². The SMILES string of the molecule is O=C(Nc1cc(F)ccc1F)[C@@H](Cc1ccccc1)NS(=O)(=O)c1ccccc1. The molecule has 8 heteroatoms. The topological polar surface area (TPSA) is 75.3 Å². The van der Waals surface area contributed by atoms with Gasteiger partial charge in [-0.15, -0.1) is 0 Å². The summed E-state index contributed by atoms with van der Waals surface area (Å²) >= 11 is 0. The van der Waals surface area contributed by atoms with Crippen LogP contribution in [0.2, 0.25) is 0 Å². The summed E-state index contributed by atoms with van der Waals surface area (Å²) < 4.78 is 55.0. The first-order valence-electron chi connectivity index (χ1n) is 8.72. The van der Waals surface area contributed by atoms with Crippen molar-refractivity contribution in [3.63, 3.8) is 0 Å². The second-order valence-corrected chi connectivity index (χ2v) is 8.00. The minimum atomic E-state index is -4.01. The Bertz CT molecular complexity index is 1090. The molecule has 3 aromatic carbocycles. The van der Waals surface area contributed by atoms with Crippen LogP contribution in [0.5, 0.6) is 0 Å². The molecule has 1 atom stereocenters. The van der Waals surface area contributed by atoms with Crippen LogP contribution in [0.1, 0.15) is 5.56 Å². The van der Waals surface area contributed by atoms with Crippen molar-refractivity contribution in [1.29, 1.82) is 0 Å². The molecular formula is C21H18F2N2O3S. The van der Waals surface area contributed by atoms with E-state index in [1.165, 1.54) is 12.1 Å². The zero-order valence-electron chi connectivity index (χ0n) is 15.2. The van der Waals surface area contributed by atoms with Gasteiger partial charge in [-0.2, -0.15) is 4.72 Å². The lowest BCUT2D eigenvalue weighted by atomic mass is 10.1. The Kier molecular flexibility index (Phi) is 6.36. The molecule has 3 rings (SSSR count). The number of carbonyl (C=O) groups excluding carboxylic acids is 1. The van der Waals surface area contributed by atoms with Crippen LogP contribution in [0, 0.1) is 11.6 Å². The Morgan fingerprint density at radius 1 is 0.897 bits per heavy atom. The van der Waals surface area contributed by atoms with Crippen LogP contribution >= 0.6 is 0 Å². The quantitative estimate of drug-likeness (QED) is 0.619. The fraction of sp³-hybridized carbons (Fsp3) is 0.0952. The van der Waals surface area contributed by atoms with E-state index in [1.807, 2.05) is 0 Å². The highest BCUT2D eigenvalue weighted by molar-refractivity contribution is 7.89. The fourth-order valence-corrected chi connectivity index (χ4v) is 3.92. The molecule has 2 N–H and O–H groups in total. The summed E-state index contributed by atoms with van der Waals surface area (Å²) in [6.45, 7) is 0. The maximum atomic E-state index is 13.9. The van der Waals surface area contributed by atoms with Gasteiger partial charge in [-0.25, -0.2) is 17.2 Å². The minimum absolute atomic E-state index is 0.0113. The van der Waals surface area contributed by atoms with Gasteiger partial charge >= 0.3 is 0 Å². The van der Waals surface area contributed by atoms with E-state index in [1.54, 1.807) is 48.5 Å². The summed E-state index contributed by atoms with van der Waals surface area (Å²) in [5.41, 5.74) is 0.329. The van der Waals surface area contributed by atoms with Gasteiger partial charge in [-0.05, 0) is 36.2 Å². The molecule has 0 saturated carbocycles. The second kappa shape index (κ2) is 8.93. The smallest absolute Gasteiger partial charge is 0.242 e. The minimum Gasteiger partial charge on any atom is -0.322 e. The van der Waals surface area contributed by atoms with Crippen molar-refractivity contribution in [2.45, 2.75) is 17.4 Å². The summed E-state index contributed by atoms with van der Waals surface area (Å²) in [4.78, 5) is 12.8. The fourth-order valence-electron chi connectivity index (χ4n) is 2.71. The Balaban J connectivity index is 1.88. The lowest BCUT2D eigenvalue weighted by molar-refractivity contribution is -0.117. The third-order valence-electron chi connectivity index (χ3n) is 4.14. The van der Waals surface area contributed by atoms with E-state index in [4.69, 9.17) is 0 Å². The largest absolute Gasteiger partial charge is 0.322 e. The first kappa shape index (κ1) is 20.6. The number of sulfonamides is 1. The van der Waals surface area contributed by atoms with Crippen LogP contribution in [0.3, 0.4) is 0 Å². The molecule has 3 aromatic rings. The Morgan fingerprint density at radius 3 is 2.17 bits per heavy atom. The van der Waals surface area contributed by atoms with Crippen molar-refractivity contribution in [2.24, 2.45) is 0 Å². The molecule has 0 aliphatic carbocycles. The summed E-state index contributed by atoms with van der Waals surface area (Å²) in [7, 11) is -4.01. The van der Waals surface area contributed by atoms with Crippen molar-refractivity contribution in [3.8, 4) is 0 Å². The van der Waals surface area contributed by atoms with Gasteiger partial charge < -0.3 is 5.32 Å². The summed E-state index contributed by atoms with van der Waals surface area (Å²) in [6.07, 6.45) is 0.0235. The Hall–Kier alpha value is -3.10. The average molecular weight is 416 g/mol. The van der Waals surface area contributed by atoms with Crippen LogP contribution in [0.15, 0.2) is 83.8 Å². The number of amides is 1. The molecule has 0 bridgehead atoms. The molecule has 0 unspecified atom stereocenters. The molecule has 0 fully saturated rings. The molecule has 0 heterocycles. The highest BCUT2D eigenvalue weighted by atomic mass is 32.2. The van der Waals surface area contributed by atoms with Crippen LogP contribution in [-0.2, 0) is 21.2 Å². The van der Waals surface area contributed by atoms with E-state index in [2.05, 4.69) is 10.0 Å². The maximum absolute atomic E-state index is 13.9. The van der Waals surface area contributed by atoms with Crippen molar-refractivity contribution < 1.29 is 22.0 Å². The predicted octanol–water partition coefficient (Wildman–Crippen LogP) is 3.49. The molecule has 0 aliphatic rings. The van der Waals surface area contributed by atoms with Crippen LogP contribution in [-0.4, -0.2) is 20.4 Å². The van der Waals surface area contributed by atoms with Crippen molar-refractivity contribution in [1.82, 2.24) is 4.72 Å².